The summed E-state index contributed by atoms with van der Waals surface area (Å²) in [6.45, 7) is 4.16. The van der Waals surface area contributed by atoms with Crippen LogP contribution in [-0.2, 0) is 6.42 Å². The Labute approximate surface area is 91.7 Å². The van der Waals surface area contributed by atoms with E-state index >= 15 is 0 Å². The zero-order chi connectivity index (χ0) is 11.1. The Balaban J connectivity index is 2.52. The molecule has 0 bridgehead atoms. The van der Waals surface area contributed by atoms with Gasteiger partial charge in [0.1, 0.15) is 12.1 Å². The maximum absolute atomic E-state index is 4.26. The van der Waals surface area contributed by atoms with Crippen LogP contribution in [0.1, 0.15) is 19.0 Å². The molecule has 0 aliphatic heterocycles. The minimum Gasteiger partial charge on any atom is -0.360 e. The molecule has 84 valence electrons. The van der Waals surface area contributed by atoms with Crippen LogP contribution in [0, 0.1) is 0 Å². The molecule has 15 heavy (non-hydrogen) atoms. The Bertz CT molecular complexity index is 288. The van der Waals surface area contributed by atoms with E-state index in [9.17, 15) is 0 Å². The summed E-state index contributed by atoms with van der Waals surface area (Å²) in [6, 6.07) is 2.05. The lowest BCUT2D eigenvalue weighted by atomic mass is 10.3. The van der Waals surface area contributed by atoms with Gasteiger partial charge < -0.3 is 10.2 Å². The first-order valence-electron chi connectivity index (χ1n) is 5.44. The van der Waals surface area contributed by atoms with Crippen molar-refractivity contribution in [1.29, 1.82) is 0 Å². The van der Waals surface area contributed by atoms with E-state index in [1.54, 1.807) is 6.33 Å². The molecule has 0 fully saturated rings. The number of aromatic nitrogens is 2. The average molecular weight is 208 g/mol. The number of aryl methyl sites for hydroxylation is 1. The van der Waals surface area contributed by atoms with Crippen molar-refractivity contribution in [3.05, 3.63) is 18.1 Å². The third-order valence-electron chi connectivity index (χ3n) is 2.38. The van der Waals surface area contributed by atoms with Crippen LogP contribution in [0.15, 0.2) is 12.4 Å². The quantitative estimate of drug-likeness (QED) is 0.710. The third-order valence-corrected chi connectivity index (χ3v) is 2.38. The topological polar surface area (TPSA) is 41.0 Å². The van der Waals surface area contributed by atoms with Gasteiger partial charge in [0.05, 0.1) is 0 Å². The molecular formula is C11H20N4. The van der Waals surface area contributed by atoms with Crippen molar-refractivity contribution in [3.63, 3.8) is 0 Å². The van der Waals surface area contributed by atoms with E-state index in [-0.39, 0.29) is 0 Å². The van der Waals surface area contributed by atoms with Crippen LogP contribution in [0.4, 0.5) is 5.82 Å². The second-order valence-corrected chi connectivity index (χ2v) is 3.60. The van der Waals surface area contributed by atoms with Crippen molar-refractivity contribution in [1.82, 2.24) is 15.3 Å². The third kappa shape index (κ3) is 3.83. The molecule has 1 aromatic heterocycles. The molecule has 1 N–H and O–H groups in total. The summed E-state index contributed by atoms with van der Waals surface area (Å²) in [5.74, 6) is 1.01. The van der Waals surface area contributed by atoms with E-state index in [2.05, 4.69) is 40.2 Å². The maximum Gasteiger partial charge on any atom is 0.131 e. The second-order valence-electron chi connectivity index (χ2n) is 3.60. The summed E-state index contributed by atoms with van der Waals surface area (Å²) in [5.41, 5.74) is 1.10. The Kier molecular flexibility index (Phi) is 5.04. The minimum atomic E-state index is 0.958. The Morgan fingerprint density at radius 2 is 2.20 bits per heavy atom. The van der Waals surface area contributed by atoms with Gasteiger partial charge in [-0.25, -0.2) is 9.97 Å². The summed E-state index contributed by atoms with van der Waals surface area (Å²) in [6.07, 6.45) is 3.72. The van der Waals surface area contributed by atoms with Crippen LogP contribution in [0.25, 0.3) is 0 Å². The molecule has 0 amide bonds. The van der Waals surface area contributed by atoms with Crippen molar-refractivity contribution < 1.29 is 0 Å². The maximum atomic E-state index is 4.26. The lowest BCUT2D eigenvalue weighted by Gasteiger charge is -2.18. The number of nitrogens with zero attached hydrogens (tertiary/aromatic N) is 3. The van der Waals surface area contributed by atoms with E-state index in [4.69, 9.17) is 0 Å². The standard InChI is InChI=1S/C11H20N4/c1-4-10-8-11(14-9-13-10)15(3)7-5-6-12-2/h8-9,12H,4-7H2,1-3H3. The summed E-state index contributed by atoms with van der Waals surface area (Å²) >= 11 is 0. The largest absolute Gasteiger partial charge is 0.360 e. The van der Waals surface area contributed by atoms with Gasteiger partial charge in [0.2, 0.25) is 0 Å². The number of hydrogen-bond donors (Lipinski definition) is 1. The smallest absolute Gasteiger partial charge is 0.131 e. The van der Waals surface area contributed by atoms with E-state index in [1.807, 2.05) is 7.05 Å². The van der Waals surface area contributed by atoms with Crippen molar-refractivity contribution >= 4 is 5.82 Å². The first-order valence-corrected chi connectivity index (χ1v) is 5.44. The van der Waals surface area contributed by atoms with E-state index in [1.165, 1.54) is 0 Å². The molecule has 0 saturated heterocycles. The fraction of sp³-hybridized carbons (Fsp3) is 0.636. The number of nitrogens with one attached hydrogen (secondary N) is 1. The molecule has 1 aromatic rings. The molecule has 4 nitrogen and oxygen atoms in total. The number of rotatable bonds is 6. The van der Waals surface area contributed by atoms with Gasteiger partial charge in [-0.2, -0.15) is 0 Å². The van der Waals surface area contributed by atoms with Gasteiger partial charge in [0, 0.05) is 25.4 Å². The minimum absolute atomic E-state index is 0.958. The summed E-state index contributed by atoms with van der Waals surface area (Å²) in [5, 5.41) is 3.14. The SMILES string of the molecule is CCc1cc(N(C)CCCNC)ncn1. The van der Waals surface area contributed by atoms with Crippen LogP contribution < -0.4 is 10.2 Å². The average Bonchev–Trinajstić information content (AvgIpc) is 2.29. The lowest BCUT2D eigenvalue weighted by Crippen LogP contribution is -2.23. The first kappa shape index (κ1) is 11.9. The molecule has 0 atom stereocenters. The first-order chi connectivity index (χ1) is 7.27. The second kappa shape index (κ2) is 6.35. The monoisotopic (exact) mass is 208 g/mol. The number of anilines is 1. The molecule has 1 heterocycles. The predicted molar refractivity (Wildman–Crippen MR) is 63.2 cm³/mol. The normalized spacial score (nSPS) is 10.3. The molecule has 0 saturated carbocycles. The highest BCUT2D eigenvalue weighted by molar-refractivity contribution is 5.37. The van der Waals surface area contributed by atoms with Gasteiger partial charge in [0.25, 0.3) is 0 Å². The molecule has 1 rings (SSSR count). The highest BCUT2D eigenvalue weighted by atomic mass is 15.2. The summed E-state index contributed by atoms with van der Waals surface area (Å²) in [7, 11) is 4.04. The molecular weight excluding hydrogens is 188 g/mol. The number of hydrogen-bond acceptors (Lipinski definition) is 4. The highest BCUT2D eigenvalue weighted by Gasteiger charge is 2.02. The molecule has 4 heteroatoms. The van der Waals surface area contributed by atoms with Crippen molar-refractivity contribution in [2.24, 2.45) is 0 Å². The Morgan fingerprint density at radius 1 is 1.40 bits per heavy atom. The van der Waals surface area contributed by atoms with Crippen LogP contribution >= 0.6 is 0 Å². The molecule has 0 unspecified atom stereocenters. The van der Waals surface area contributed by atoms with Gasteiger partial charge in [-0.05, 0) is 26.4 Å². The van der Waals surface area contributed by atoms with Crippen molar-refractivity contribution in [2.45, 2.75) is 19.8 Å². The van der Waals surface area contributed by atoms with Gasteiger partial charge in [-0.1, -0.05) is 6.92 Å². The zero-order valence-electron chi connectivity index (χ0n) is 9.82. The molecule has 0 aliphatic rings. The van der Waals surface area contributed by atoms with Gasteiger partial charge in [-0.15, -0.1) is 0 Å². The van der Waals surface area contributed by atoms with Crippen molar-refractivity contribution in [2.75, 3.05) is 32.1 Å². The molecule has 0 spiro atoms. The molecule has 0 aliphatic carbocycles. The van der Waals surface area contributed by atoms with Crippen LogP contribution in [0.2, 0.25) is 0 Å². The van der Waals surface area contributed by atoms with E-state index in [0.717, 1.165) is 37.4 Å². The Hall–Kier alpha value is -1.16. The lowest BCUT2D eigenvalue weighted by molar-refractivity contribution is 0.708. The van der Waals surface area contributed by atoms with Crippen LogP contribution in [0.5, 0.6) is 0 Å². The zero-order valence-corrected chi connectivity index (χ0v) is 9.82. The van der Waals surface area contributed by atoms with E-state index < -0.39 is 0 Å². The Morgan fingerprint density at radius 3 is 2.87 bits per heavy atom. The van der Waals surface area contributed by atoms with Gasteiger partial charge >= 0.3 is 0 Å². The van der Waals surface area contributed by atoms with Gasteiger partial charge in [0.15, 0.2) is 0 Å². The van der Waals surface area contributed by atoms with Crippen LogP contribution in [0.3, 0.4) is 0 Å². The van der Waals surface area contributed by atoms with E-state index in [0.29, 0.717) is 0 Å². The molecule has 0 aromatic carbocycles. The predicted octanol–water partition coefficient (Wildman–Crippen LogP) is 1.08. The van der Waals surface area contributed by atoms with Gasteiger partial charge in [-0.3, -0.25) is 0 Å². The summed E-state index contributed by atoms with van der Waals surface area (Å²) < 4.78 is 0. The summed E-state index contributed by atoms with van der Waals surface area (Å²) in [4.78, 5) is 10.6. The fourth-order valence-corrected chi connectivity index (χ4v) is 1.40. The van der Waals surface area contributed by atoms with Crippen LogP contribution in [-0.4, -0.2) is 37.2 Å². The fourth-order valence-electron chi connectivity index (χ4n) is 1.40. The highest BCUT2D eigenvalue weighted by Crippen LogP contribution is 2.09. The molecule has 0 radical (unpaired) electrons. The van der Waals surface area contributed by atoms with Crippen molar-refractivity contribution in [3.8, 4) is 0 Å².